The van der Waals surface area contributed by atoms with Gasteiger partial charge in [0.2, 0.25) is 5.91 Å². The van der Waals surface area contributed by atoms with Crippen molar-refractivity contribution >= 4 is 17.5 Å². The van der Waals surface area contributed by atoms with Gasteiger partial charge in [-0.2, -0.15) is 5.10 Å². The van der Waals surface area contributed by atoms with Crippen molar-refractivity contribution in [2.24, 2.45) is 36.0 Å². The second-order valence-corrected chi connectivity index (χ2v) is 7.58. The molecule has 4 fully saturated rings. The molecule has 3 N–H and O–H groups in total. The highest BCUT2D eigenvalue weighted by Gasteiger charge is 2.54. The molecule has 0 spiro atoms. The molecule has 1 heterocycles. The monoisotopic (exact) mass is 302 g/mol. The Morgan fingerprint density at radius 3 is 2.27 bits per heavy atom. The molecule has 4 saturated carbocycles. The van der Waals surface area contributed by atoms with Gasteiger partial charge in [0.15, 0.2) is 5.69 Å². The van der Waals surface area contributed by atoms with Crippen molar-refractivity contribution in [1.82, 2.24) is 9.78 Å². The first kappa shape index (κ1) is 13.8. The Labute approximate surface area is 129 Å². The zero-order valence-corrected chi connectivity index (χ0v) is 12.8. The van der Waals surface area contributed by atoms with Gasteiger partial charge in [-0.05, 0) is 56.3 Å². The Hall–Kier alpha value is -1.85. The van der Waals surface area contributed by atoms with E-state index < -0.39 is 5.91 Å². The smallest absolute Gasteiger partial charge is 0.271 e. The van der Waals surface area contributed by atoms with Gasteiger partial charge in [0, 0.05) is 13.2 Å². The predicted molar refractivity (Wildman–Crippen MR) is 81.0 cm³/mol. The van der Waals surface area contributed by atoms with Crippen LogP contribution in [0.1, 0.15) is 49.0 Å². The zero-order valence-electron chi connectivity index (χ0n) is 12.8. The minimum Gasteiger partial charge on any atom is -0.364 e. The van der Waals surface area contributed by atoms with Gasteiger partial charge in [-0.15, -0.1) is 0 Å². The molecule has 0 atom stereocenters. The standard InChI is InChI=1S/C16H22N4O2/c1-20-8-12(13(19-20)14(17)21)18-15(22)16-5-9-2-10(6-16)4-11(3-9)7-16/h8-11H,2-7H2,1H3,(H2,17,21)(H,18,22). The van der Waals surface area contributed by atoms with Crippen molar-refractivity contribution in [2.75, 3.05) is 5.32 Å². The van der Waals surface area contributed by atoms with Crippen LogP contribution in [0.15, 0.2) is 6.20 Å². The Kier molecular flexibility index (Phi) is 2.86. The average Bonchev–Trinajstić information content (AvgIpc) is 2.78. The molecule has 6 nitrogen and oxygen atoms in total. The van der Waals surface area contributed by atoms with E-state index in [1.165, 1.54) is 23.9 Å². The first-order chi connectivity index (χ1) is 10.4. The van der Waals surface area contributed by atoms with Gasteiger partial charge < -0.3 is 11.1 Å². The number of rotatable bonds is 3. The van der Waals surface area contributed by atoms with Crippen LogP contribution in [0, 0.1) is 23.2 Å². The first-order valence-corrected chi connectivity index (χ1v) is 8.10. The van der Waals surface area contributed by atoms with E-state index in [-0.39, 0.29) is 17.0 Å². The molecule has 2 amide bonds. The number of aryl methyl sites for hydroxylation is 1. The molecule has 4 bridgehead atoms. The fourth-order valence-electron chi connectivity index (χ4n) is 5.41. The van der Waals surface area contributed by atoms with Crippen molar-refractivity contribution in [2.45, 2.75) is 38.5 Å². The number of primary amides is 1. The Balaban J connectivity index is 1.59. The molecule has 1 aromatic rings. The maximum atomic E-state index is 12.9. The zero-order chi connectivity index (χ0) is 15.5. The van der Waals surface area contributed by atoms with Crippen LogP contribution in [0.25, 0.3) is 0 Å². The number of carbonyl (C=O) groups excluding carboxylic acids is 2. The molecule has 0 aromatic carbocycles. The van der Waals surface area contributed by atoms with Crippen LogP contribution < -0.4 is 11.1 Å². The fraction of sp³-hybridized carbons (Fsp3) is 0.688. The van der Waals surface area contributed by atoms with E-state index in [1.54, 1.807) is 13.2 Å². The third-order valence-corrected chi connectivity index (χ3v) is 5.83. The molecule has 1 aromatic heterocycles. The number of aromatic nitrogens is 2. The maximum Gasteiger partial charge on any atom is 0.271 e. The van der Waals surface area contributed by atoms with E-state index in [4.69, 9.17) is 5.73 Å². The van der Waals surface area contributed by atoms with Gasteiger partial charge in [0.05, 0.1) is 11.1 Å². The van der Waals surface area contributed by atoms with Crippen molar-refractivity contribution in [3.63, 3.8) is 0 Å². The molecule has 118 valence electrons. The summed E-state index contributed by atoms with van der Waals surface area (Å²) in [6.07, 6.45) is 8.54. The number of hydrogen-bond donors (Lipinski definition) is 2. The summed E-state index contributed by atoms with van der Waals surface area (Å²) in [5.41, 5.74) is 5.69. The van der Waals surface area contributed by atoms with Crippen LogP contribution in [0.2, 0.25) is 0 Å². The van der Waals surface area contributed by atoms with Gasteiger partial charge in [0.25, 0.3) is 5.91 Å². The number of amides is 2. The van der Waals surface area contributed by atoms with Crippen molar-refractivity contribution in [3.8, 4) is 0 Å². The average molecular weight is 302 g/mol. The summed E-state index contributed by atoms with van der Waals surface area (Å²) in [7, 11) is 1.72. The number of hydrogen-bond acceptors (Lipinski definition) is 3. The summed E-state index contributed by atoms with van der Waals surface area (Å²) in [6.45, 7) is 0. The first-order valence-electron chi connectivity index (χ1n) is 8.10. The van der Waals surface area contributed by atoms with Crippen LogP contribution in [-0.4, -0.2) is 21.6 Å². The second-order valence-electron chi connectivity index (χ2n) is 7.58. The Morgan fingerprint density at radius 1 is 1.23 bits per heavy atom. The molecule has 0 saturated heterocycles. The summed E-state index contributed by atoms with van der Waals surface area (Å²) >= 11 is 0. The van der Waals surface area contributed by atoms with Crippen LogP contribution >= 0.6 is 0 Å². The van der Waals surface area contributed by atoms with Crippen molar-refractivity contribution < 1.29 is 9.59 Å². The minimum atomic E-state index is -0.610. The molecule has 4 aliphatic rings. The lowest BCUT2D eigenvalue weighted by Gasteiger charge is -2.55. The van der Waals surface area contributed by atoms with Crippen molar-refractivity contribution in [3.05, 3.63) is 11.9 Å². The van der Waals surface area contributed by atoms with E-state index in [0.29, 0.717) is 23.4 Å². The SMILES string of the molecule is Cn1cc(NC(=O)C23CC4CC(CC(C4)C2)C3)c(C(N)=O)n1. The lowest BCUT2D eigenvalue weighted by atomic mass is 9.49. The van der Waals surface area contributed by atoms with Crippen LogP contribution in [0.4, 0.5) is 5.69 Å². The topological polar surface area (TPSA) is 90.0 Å². The molecular formula is C16H22N4O2. The normalized spacial score (nSPS) is 35.6. The number of nitrogens with one attached hydrogen (secondary N) is 1. The van der Waals surface area contributed by atoms with Crippen molar-refractivity contribution in [1.29, 1.82) is 0 Å². The van der Waals surface area contributed by atoms with Crippen LogP contribution in [0.5, 0.6) is 0 Å². The lowest BCUT2D eigenvalue weighted by Crippen LogP contribution is -2.51. The summed E-state index contributed by atoms with van der Waals surface area (Å²) in [5.74, 6) is 1.58. The number of nitrogens with two attached hydrogens (primary N) is 1. The highest BCUT2D eigenvalue weighted by Crippen LogP contribution is 2.60. The number of nitrogens with zero attached hydrogens (tertiary/aromatic N) is 2. The summed E-state index contributed by atoms with van der Waals surface area (Å²) in [6, 6.07) is 0. The summed E-state index contributed by atoms with van der Waals surface area (Å²) in [4.78, 5) is 24.4. The summed E-state index contributed by atoms with van der Waals surface area (Å²) in [5, 5.41) is 6.98. The van der Waals surface area contributed by atoms with Gasteiger partial charge in [0.1, 0.15) is 0 Å². The highest BCUT2D eigenvalue weighted by molar-refractivity contribution is 6.03. The molecular weight excluding hydrogens is 280 g/mol. The van der Waals surface area contributed by atoms with E-state index in [0.717, 1.165) is 19.3 Å². The van der Waals surface area contributed by atoms with Gasteiger partial charge in [-0.1, -0.05) is 0 Å². The van der Waals surface area contributed by atoms with Gasteiger partial charge >= 0.3 is 0 Å². The fourth-order valence-corrected chi connectivity index (χ4v) is 5.41. The molecule has 22 heavy (non-hydrogen) atoms. The third kappa shape index (κ3) is 2.04. The van der Waals surface area contributed by atoms with Crippen LogP contribution in [0.3, 0.4) is 0 Å². The molecule has 0 aliphatic heterocycles. The largest absolute Gasteiger partial charge is 0.364 e. The van der Waals surface area contributed by atoms with Crippen LogP contribution in [-0.2, 0) is 11.8 Å². The van der Waals surface area contributed by atoms with E-state index in [2.05, 4.69) is 10.4 Å². The van der Waals surface area contributed by atoms with E-state index in [9.17, 15) is 9.59 Å². The number of anilines is 1. The molecule has 6 heteroatoms. The predicted octanol–water partition coefficient (Wildman–Crippen LogP) is 1.67. The quantitative estimate of drug-likeness (QED) is 0.890. The van der Waals surface area contributed by atoms with E-state index >= 15 is 0 Å². The number of carbonyl (C=O) groups is 2. The molecule has 4 aliphatic carbocycles. The Morgan fingerprint density at radius 2 is 1.77 bits per heavy atom. The van der Waals surface area contributed by atoms with E-state index in [1.807, 2.05) is 0 Å². The lowest BCUT2D eigenvalue weighted by molar-refractivity contribution is -0.140. The molecule has 0 radical (unpaired) electrons. The minimum absolute atomic E-state index is 0.0575. The summed E-state index contributed by atoms with van der Waals surface area (Å²) < 4.78 is 1.51. The van der Waals surface area contributed by atoms with Gasteiger partial charge in [-0.3, -0.25) is 14.3 Å². The Bertz CT molecular complexity index is 613. The second kappa shape index (κ2) is 4.57. The molecule has 0 unspecified atom stereocenters. The maximum absolute atomic E-state index is 12.9. The van der Waals surface area contributed by atoms with Gasteiger partial charge in [-0.25, -0.2) is 0 Å². The molecule has 5 rings (SSSR count). The third-order valence-electron chi connectivity index (χ3n) is 5.83. The highest BCUT2D eigenvalue weighted by atomic mass is 16.2.